The molecule has 0 bridgehead atoms. The number of hydrogen-bond donors (Lipinski definition) is 2. The number of anilines is 1. The van der Waals surface area contributed by atoms with E-state index in [4.69, 9.17) is 5.73 Å². The molecule has 2 rings (SSSR count). The van der Waals surface area contributed by atoms with Crippen LogP contribution in [-0.2, 0) is 0 Å². The van der Waals surface area contributed by atoms with Gasteiger partial charge >= 0.3 is 0 Å². The van der Waals surface area contributed by atoms with E-state index in [2.05, 4.69) is 5.32 Å². The van der Waals surface area contributed by atoms with Crippen molar-refractivity contribution in [1.82, 2.24) is 0 Å². The van der Waals surface area contributed by atoms with Crippen molar-refractivity contribution >= 4 is 11.6 Å². The minimum Gasteiger partial charge on any atom is -0.377 e. The highest BCUT2D eigenvalue weighted by Crippen LogP contribution is 2.39. The van der Waals surface area contributed by atoms with Gasteiger partial charge < -0.3 is 11.1 Å². The van der Waals surface area contributed by atoms with Gasteiger partial charge in [0.2, 0.25) is 0 Å². The van der Waals surface area contributed by atoms with Crippen LogP contribution in [-0.4, -0.2) is 18.1 Å². The number of hydrogen-bond acceptors (Lipinski definition) is 2. The van der Waals surface area contributed by atoms with Crippen LogP contribution in [0, 0.1) is 5.82 Å². The molecule has 1 fully saturated rings. The summed E-state index contributed by atoms with van der Waals surface area (Å²) in [5, 5.41) is 2.95. The highest BCUT2D eigenvalue weighted by Gasteiger charge is 2.42. The molecule has 0 saturated heterocycles. The first kappa shape index (κ1) is 10.9. The van der Waals surface area contributed by atoms with Crippen molar-refractivity contribution in [2.45, 2.75) is 18.4 Å². The summed E-state index contributed by atoms with van der Waals surface area (Å²) in [5.74, 6) is -1.49. The molecule has 16 heavy (non-hydrogen) atoms. The van der Waals surface area contributed by atoms with Crippen LogP contribution >= 0.6 is 0 Å². The monoisotopic (exact) mass is 226 g/mol. The number of alkyl halides is 1. The van der Waals surface area contributed by atoms with Crippen molar-refractivity contribution in [3.8, 4) is 0 Å². The van der Waals surface area contributed by atoms with Crippen LogP contribution in [0.2, 0.25) is 0 Å². The fraction of sp³-hybridized carbons (Fsp3) is 0.364. The molecule has 5 heteroatoms. The van der Waals surface area contributed by atoms with E-state index in [1.165, 1.54) is 12.1 Å². The topological polar surface area (TPSA) is 55.1 Å². The lowest BCUT2D eigenvalue weighted by Gasteiger charge is -2.15. The summed E-state index contributed by atoms with van der Waals surface area (Å²) in [5.41, 5.74) is 4.83. The van der Waals surface area contributed by atoms with Crippen LogP contribution in [0.5, 0.6) is 0 Å². The Kier molecular flexibility index (Phi) is 2.53. The highest BCUT2D eigenvalue weighted by atomic mass is 19.1. The molecule has 0 heterocycles. The van der Waals surface area contributed by atoms with Gasteiger partial charge in [0.25, 0.3) is 5.91 Å². The Balaban J connectivity index is 2.23. The summed E-state index contributed by atoms with van der Waals surface area (Å²) >= 11 is 0. The van der Waals surface area contributed by atoms with Crippen molar-refractivity contribution in [2.75, 3.05) is 12.0 Å². The van der Waals surface area contributed by atoms with Crippen LogP contribution in [0.15, 0.2) is 18.2 Å². The molecule has 86 valence electrons. The average molecular weight is 226 g/mol. The van der Waals surface area contributed by atoms with Gasteiger partial charge in [0.1, 0.15) is 12.5 Å². The molecule has 0 aromatic heterocycles. The summed E-state index contributed by atoms with van der Waals surface area (Å²) in [7, 11) is 0. The first-order valence-corrected chi connectivity index (χ1v) is 5.00. The molecule has 0 unspecified atom stereocenters. The predicted molar refractivity (Wildman–Crippen MR) is 56.5 cm³/mol. The van der Waals surface area contributed by atoms with Crippen LogP contribution in [0.3, 0.4) is 0 Å². The molecule has 1 aromatic carbocycles. The zero-order valence-corrected chi connectivity index (χ0v) is 8.59. The van der Waals surface area contributed by atoms with E-state index in [9.17, 15) is 13.6 Å². The van der Waals surface area contributed by atoms with Crippen LogP contribution in [0.4, 0.5) is 14.5 Å². The summed E-state index contributed by atoms with van der Waals surface area (Å²) in [6, 6.07) is 3.93. The maximum Gasteiger partial charge on any atom is 0.251 e. The lowest BCUT2D eigenvalue weighted by atomic mass is 10.1. The smallest absolute Gasteiger partial charge is 0.251 e. The van der Waals surface area contributed by atoms with E-state index in [1.807, 2.05) is 0 Å². The first-order valence-electron chi connectivity index (χ1n) is 5.00. The summed E-state index contributed by atoms with van der Waals surface area (Å²) < 4.78 is 25.8. The molecule has 3 N–H and O–H groups in total. The molecule has 0 aliphatic heterocycles. The van der Waals surface area contributed by atoms with Gasteiger partial charge in [-0.25, -0.2) is 8.78 Å². The Bertz CT molecular complexity index is 430. The second kappa shape index (κ2) is 3.73. The van der Waals surface area contributed by atoms with E-state index in [1.54, 1.807) is 0 Å². The maximum absolute atomic E-state index is 13.1. The van der Waals surface area contributed by atoms with Crippen LogP contribution in [0.1, 0.15) is 23.2 Å². The number of primary amides is 1. The Labute approximate surface area is 91.6 Å². The minimum atomic E-state index is -0.828. The Morgan fingerprint density at radius 2 is 2.19 bits per heavy atom. The number of benzene rings is 1. The van der Waals surface area contributed by atoms with Gasteiger partial charge in [-0.1, -0.05) is 0 Å². The van der Waals surface area contributed by atoms with E-state index in [0.717, 1.165) is 18.9 Å². The quantitative estimate of drug-likeness (QED) is 0.823. The lowest BCUT2D eigenvalue weighted by Crippen LogP contribution is -2.24. The van der Waals surface area contributed by atoms with Gasteiger partial charge in [-0.3, -0.25) is 4.79 Å². The van der Waals surface area contributed by atoms with Crippen molar-refractivity contribution < 1.29 is 13.6 Å². The number of halogens is 2. The van der Waals surface area contributed by atoms with Gasteiger partial charge in [0, 0.05) is 5.69 Å². The second-order valence-electron chi connectivity index (χ2n) is 4.10. The summed E-state index contributed by atoms with van der Waals surface area (Å²) in [6.07, 6.45) is 1.49. The molecule has 0 atom stereocenters. The average Bonchev–Trinajstić information content (AvgIpc) is 3.01. The molecular weight excluding hydrogens is 214 g/mol. The largest absolute Gasteiger partial charge is 0.377 e. The highest BCUT2D eigenvalue weighted by molar-refractivity contribution is 5.94. The Hall–Kier alpha value is -1.65. The summed E-state index contributed by atoms with van der Waals surface area (Å²) in [6.45, 7) is -0.476. The molecule has 0 spiro atoms. The fourth-order valence-corrected chi connectivity index (χ4v) is 1.54. The van der Waals surface area contributed by atoms with E-state index < -0.39 is 23.9 Å². The Morgan fingerprint density at radius 3 is 2.69 bits per heavy atom. The normalized spacial score (nSPS) is 16.9. The van der Waals surface area contributed by atoms with Crippen LogP contribution < -0.4 is 11.1 Å². The zero-order valence-electron chi connectivity index (χ0n) is 8.59. The van der Waals surface area contributed by atoms with Crippen molar-refractivity contribution in [3.05, 3.63) is 29.6 Å². The fourth-order valence-electron chi connectivity index (χ4n) is 1.54. The van der Waals surface area contributed by atoms with Gasteiger partial charge in [-0.15, -0.1) is 0 Å². The third-order valence-electron chi connectivity index (χ3n) is 2.75. The molecule has 1 amide bonds. The second-order valence-corrected chi connectivity index (χ2v) is 4.10. The molecule has 1 aliphatic carbocycles. The van der Waals surface area contributed by atoms with Crippen molar-refractivity contribution in [1.29, 1.82) is 0 Å². The van der Waals surface area contributed by atoms with Crippen molar-refractivity contribution in [2.24, 2.45) is 5.73 Å². The molecule has 3 nitrogen and oxygen atoms in total. The third-order valence-corrected chi connectivity index (χ3v) is 2.75. The van der Waals surface area contributed by atoms with E-state index in [0.29, 0.717) is 5.69 Å². The SMILES string of the molecule is NC(=O)c1cc(NC2(CF)CC2)ccc1F. The molecule has 0 radical (unpaired) electrons. The molecule has 1 aromatic rings. The standard InChI is InChI=1S/C11H12F2N2O/c12-6-11(3-4-11)15-7-1-2-9(13)8(5-7)10(14)16/h1-2,5,15H,3-4,6H2,(H2,14,16). The Morgan fingerprint density at radius 1 is 1.50 bits per heavy atom. The van der Waals surface area contributed by atoms with Gasteiger partial charge in [-0.05, 0) is 31.0 Å². The number of rotatable bonds is 4. The number of carbonyl (C=O) groups excluding carboxylic acids is 1. The lowest BCUT2D eigenvalue weighted by molar-refractivity contribution is 0.0996. The van der Waals surface area contributed by atoms with E-state index >= 15 is 0 Å². The van der Waals surface area contributed by atoms with Gasteiger partial charge in [0.05, 0.1) is 11.1 Å². The summed E-state index contributed by atoms with van der Waals surface area (Å²) in [4.78, 5) is 10.9. The number of nitrogens with one attached hydrogen (secondary N) is 1. The van der Waals surface area contributed by atoms with Crippen molar-refractivity contribution in [3.63, 3.8) is 0 Å². The van der Waals surface area contributed by atoms with Crippen LogP contribution in [0.25, 0.3) is 0 Å². The minimum absolute atomic E-state index is 0.181. The van der Waals surface area contributed by atoms with E-state index in [-0.39, 0.29) is 5.56 Å². The third kappa shape index (κ3) is 1.98. The van der Waals surface area contributed by atoms with Gasteiger partial charge in [0.15, 0.2) is 0 Å². The molecule has 1 aliphatic rings. The maximum atomic E-state index is 13.1. The number of amides is 1. The number of carbonyl (C=O) groups is 1. The zero-order chi connectivity index (χ0) is 11.8. The predicted octanol–water partition coefficient (Wildman–Crippen LogP) is 1.84. The first-order chi connectivity index (χ1) is 7.56. The number of nitrogens with two attached hydrogens (primary N) is 1. The molecule has 1 saturated carbocycles. The molecular formula is C11H12F2N2O. The van der Waals surface area contributed by atoms with Gasteiger partial charge in [-0.2, -0.15) is 0 Å².